The van der Waals surface area contributed by atoms with E-state index in [1.165, 1.54) is 15.0 Å². The van der Waals surface area contributed by atoms with Gasteiger partial charge in [0.2, 0.25) is 0 Å². The Hall–Kier alpha value is -1.98. The summed E-state index contributed by atoms with van der Waals surface area (Å²) in [4.78, 5) is 8.74. The first kappa shape index (κ1) is 15.9. The maximum absolute atomic E-state index is 5.11. The van der Waals surface area contributed by atoms with Crippen molar-refractivity contribution in [2.75, 3.05) is 7.11 Å². The van der Waals surface area contributed by atoms with Gasteiger partial charge in [0, 0.05) is 0 Å². The third-order valence-electron chi connectivity index (χ3n) is 3.35. The highest BCUT2D eigenvalue weighted by atomic mass is 32.1. The normalized spacial score (nSPS) is 10.6. The highest BCUT2D eigenvalue weighted by Crippen LogP contribution is 2.25. The predicted molar refractivity (Wildman–Crippen MR) is 100 cm³/mol. The van der Waals surface area contributed by atoms with Crippen LogP contribution < -0.4 is 4.74 Å². The minimum Gasteiger partial charge on any atom is -0.497 e. The van der Waals surface area contributed by atoms with Crippen LogP contribution in [0.5, 0.6) is 5.75 Å². The van der Waals surface area contributed by atoms with Gasteiger partial charge in [0.25, 0.3) is 0 Å². The lowest BCUT2D eigenvalue weighted by atomic mass is 10.2. The van der Waals surface area contributed by atoms with Crippen molar-refractivity contribution in [1.29, 1.82) is 0 Å². The molecule has 0 fully saturated rings. The molecule has 0 saturated carbocycles. The van der Waals surface area contributed by atoms with Crippen molar-refractivity contribution in [3.8, 4) is 5.75 Å². The van der Waals surface area contributed by atoms with Gasteiger partial charge in [0.15, 0.2) is 0 Å². The van der Waals surface area contributed by atoms with Gasteiger partial charge in [-0.2, -0.15) is 0 Å². The number of benzene rings is 2. The zero-order valence-electron chi connectivity index (χ0n) is 13.6. The minimum atomic E-state index is 0.895. The first-order chi connectivity index (χ1) is 11.0. The van der Waals surface area contributed by atoms with E-state index in [1.54, 1.807) is 29.8 Å². The van der Waals surface area contributed by atoms with Gasteiger partial charge in [-0.15, -0.1) is 22.7 Å². The van der Waals surface area contributed by atoms with E-state index in [4.69, 9.17) is 4.74 Å². The first-order valence-corrected chi connectivity index (χ1v) is 8.93. The van der Waals surface area contributed by atoms with Crippen LogP contribution in [-0.2, 0) is 0 Å². The SMILES string of the molecule is COc1ccc2nc(C)sc2c1.Cc1ccc2sc(C)nc2c1. The van der Waals surface area contributed by atoms with Crippen LogP contribution in [-0.4, -0.2) is 17.1 Å². The van der Waals surface area contributed by atoms with Crippen molar-refractivity contribution in [1.82, 2.24) is 9.97 Å². The summed E-state index contributed by atoms with van der Waals surface area (Å²) in [7, 11) is 1.68. The van der Waals surface area contributed by atoms with Crippen LogP contribution in [0.15, 0.2) is 36.4 Å². The van der Waals surface area contributed by atoms with Crippen LogP contribution in [0.4, 0.5) is 0 Å². The molecule has 0 aliphatic carbocycles. The fourth-order valence-electron chi connectivity index (χ4n) is 2.30. The van der Waals surface area contributed by atoms with Gasteiger partial charge < -0.3 is 4.74 Å². The molecule has 4 rings (SSSR count). The van der Waals surface area contributed by atoms with Gasteiger partial charge in [-0.25, -0.2) is 9.97 Å². The number of ether oxygens (including phenoxy) is 1. The Kier molecular flexibility index (Phi) is 4.59. The standard InChI is InChI=1S/C9H9NOS.C9H9NS/c1-6-10-8-4-3-7(11-2)5-9(8)12-6;1-6-3-4-9-8(5-6)10-7(2)11-9/h3-5H,1-2H3;3-5H,1-2H3. The molecular weight excluding hydrogens is 324 g/mol. The Bertz CT molecular complexity index is 956. The van der Waals surface area contributed by atoms with E-state index < -0.39 is 0 Å². The molecule has 2 aromatic heterocycles. The molecule has 0 bridgehead atoms. The monoisotopic (exact) mass is 342 g/mol. The Morgan fingerprint density at radius 2 is 1.48 bits per heavy atom. The Morgan fingerprint density at radius 1 is 0.783 bits per heavy atom. The van der Waals surface area contributed by atoms with Crippen molar-refractivity contribution >= 4 is 43.1 Å². The number of hydrogen-bond donors (Lipinski definition) is 0. The van der Waals surface area contributed by atoms with Crippen molar-refractivity contribution < 1.29 is 4.74 Å². The summed E-state index contributed by atoms with van der Waals surface area (Å²) in [5.74, 6) is 0.895. The van der Waals surface area contributed by atoms with E-state index in [0.717, 1.165) is 26.8 Å². The van der Waals surface area contributed by atoms with Crippen LogP contribution in [0.3, 0.4) is 0 Å². The maximum atomic E-state index is 5.11. The lowest BCUT2D eigenvalue weighted by Gasteiger charge is -1.96. The number of methoxy groups -OCH3 is 1. The smallest absolute Gasteiger partial charge is 0.120 e. The molecule has 0 unspecified atom stereocenters. The molecule has 0 N–H and O–H groups in total. The van der Waals surface area contributed by atoms with Crippen LogP contribution in [0, 0.1) is 20.8 Å². The molecule has 0 aliphatic heterocycles. The third kappa shape index (κ3) is 3.68. The molecule has 4 aromatic rings. The minimum absolute atomic E-state index is 0.895. The highest BCUT2D eigenvalue weighted by molar-refractivity contribution is 7.18. The maximum Gasteiger partial charge on any atom is 0.120 e. The van der Waals surface area contributed by atoms with E-state index in [1.807, 2.05) is 32.0 Å². The summed E-state index contributed by atoms with van der Waals surface area (Å²) in [6.07, 6.45) is 0. The summed E-state index contributed by atoms with van der Waals surface area (Å²) >= 11 is 3.44. The molecule has 3 nitrogen and oxygen atoms in total. The number of hydrogen-bond acceptors (Lipinski definition) is 5. The Morgan fingerprint density at radius 3 is 2.22 bits per heavy atom. The molecule has 118 valence electrons. The molecule has 2 heterocycles. The number of fused-ring (bicyclic) bond motifs is 2. The summed E-state index contributed by atoms with van der Waals surface area (Å²) in [6.45, 7) is 6.14. The molecule has 0 saturated heterocycles. The summed E-state index contributed by atoms with van der Waals surface area (Å²) in [5, 5.41) is 2.24. The van der Waals surface area contributed by atoms with Gasteiger partial charge in [-0.05, 0) is 56.7 Å². The Balaban J connectivity index is 0.000000136. The second kappa shape index (κ2) is 6.64. The second-order valence-electron chi connectivity index (χ2n) is 5.27. The van der Waals surface area contributed by atoms with E-state index in [9.17, 15) is 0 Å². The van der Waals surface area contributed by atoms with Gasteiger partial charge >= 0.3 is 0 Å². The number of aromatic nitrogens is 2. The lowest BCUT2D eigenvalue weighted by molar-refractivity contribution is 0.415. The van der Waals surface area contributed by atoms with E-state index in [2.05, 4.69) is 35.1 Å². The fraction of sp³-hybridized carbons (Fsp3) is 0.222. The fourth-order valence-corrected chi connectivity index (χ4v) is 3.96. The van der Waals surface area contributed by atoms with Crippen LogP contribution in [0.2, 0.25) is 0 Å². The highest BCUT2D eigenvalue weighted by Gasteiger charge is 2.00. The van der Waals surface area contributed by atoms with Gasteiger partial charge in [0.05, 0.1) is 37.6 Å². The lowest BCUT2D eigenvalue weighted by Crippen LogP contribution is -1.80. The molecule has 2 aromatic carbocycles. The number of rotatable bonds is 1. The number of nitrogens with zero attached hydrogens (tertiary/aromatic N) is 2. The molecule has 0 atom stereocenters. The number of thiazole rings is 2. The molecular formula is C18H18N2OS2. The topological polar surface area (TPSA) is 35.0 Å². The molecule has 0 radical (unpaired) electrons. The van der Waals surface area contributed by atoms with Crippen LogP contribution in [0.25, 0.3) is 20.4 Å². The van der Waals surface area contributed by atoms with Crippen molar-refractivity contribution in [2.24, 2.45) is 0 Å². The number of aryl methyl sites for hydroxylation is 3. The zero-order valence-corrected chi connectivity index (χ0v) is 15.2. The average Bonchev–Trinajstić information content (AvgIpc) is 3.07. The average molecular weight is 342 g/mol. The molecule has 5 heteroatoms. The van der Waals surface area contributed by atoms with Gasteiger partial charge in [0.1, 0.15) is 5.75 Å². The third-order valence-corrected chi connectivity index (χ3v) is 5.24. The quantitative estimate of drug-likeness (QED) is 0.456. The van der Waals surface area contributed by atoms with Crippen molar-refractivity contribution in [3.05, 3.63) is 52.0 Å². The van der Waals surface area contributed by atoms with Gasteiger partial charge in [-0.3, -0.25) is 0 Å². The summed E-state index contributed by atoms with van der Waals surface area (Å²) < 4.78 is 7.58. The molecule has 0 spiro atoms. The van der Waals surface area contributed by atoms with E-state index >= 15 is 0 Å². The largest absolute Gasteiger partial charge is 0.497 e. The molecule has 0 amide bonds. The predicted octanol–water partition coefficient (Wildman–Crippen LogP) is 5.53. The second-order valence-corrected chi connectivity index (χ2v) is 7.74. The molecule has 0 aliphatic rings. The van der Waals surface area contributed by atoms with E-state index in [-0.39, 0.29) is 0 Å². The summed E-state index contributed by atoms with van der Waals surface area (Å²) in [5.41, 5.74) is 3.47. The molecule has 23 heavy (non-hydrogen) atoms. The first-order valence-electron chi connectivity index (χ1n) is 7.30. The van der Waals surface area contributed by atoms with Crippen molar-refractivity contribution in [3.63, 3.8) is 0 Å². The summed E-state index contributed by atoms with van der Waals surface area (Å²) in [6, 6.07) is 12.3. The van der Waals surface area contributed by atoms with Crippen LogP contribution >= 0.6 is 22.7 Å². The van der Waals surface area contributed by atoms with Gasteiger partial charge in [-0.1, -0.05) is 6.07 Å². The van der Waals surface area contributed by atoms with Crippen molar-refractivity contribution in [2.45, 2.75) is 20.8 Å². The zero-order chi connectivity index (χ0) is 16.4. The van der Waals surface area contributed by atoms with E-state index in [0.29, 0.717) is 0 Å². The van der Waals surface area contributed by atoms with Crippen LogP contribution in [0.1, 0.15) is 15.6 Å². The Labute approximate surface area is 143 Å².